The number of likely N-dealkylation sites (tertiary alicyclic amines) is 1. The minimum Gasteiger partial charge on any atom is -0.389 e. The fourth-order valence-electron chi connectivity index (χ4n) is 3.58. The molecule has 0 aromatic rings. The van der Waals surface area contributed by atoms with Gasteiger partial charge >= 0.3 is 0 Å². The summed E-state index contributed by atoms with van der Waals surface area (Å²) in [6.45, 7) is 9.38. The molecule has 0 spiro atoms. The number of hydrogen-bond acceptors (Lipinski definition) is 2. The normalized spacial score (nSPS) is 19.8. The van der Waals surface area contributed by atoms with E-state index in [4.69, 9.17) is 0 Å². The second-order valence-corrected chi connectivity index (χ2v) is 7.80. The van der Waals surface area contributed by atoms with Crippen LogP contribution in [0.1, 0.15) is 85.5 Å². The molecule has 3 nitrogen and oxygen atoms in total. The van der Waals surface area contributed by atoms with Crippen molar-refractivity contribution >= 4 is 5.91 Å². The highest BCUT2D eigenvalue weighted by Gasteiger charge is 2.29. The monoisotopic (exact) mass is 361 g/mol. The van der Waals surface area contributed by atoms with Crippen molar-refractivity contribution in [2.75, 3.05) is 6.54 Å². The van der Waals surface area contributed by atoms with E-state index < -0.39 is 6.10 Å². The molecular formula is C23H39NO2. The van der Waals surface area contributed by atoms with E-state index in [0.29, 0.717) is 12.3 Å². The highest BCUT2D eigenvalue weighted by molar-refractivity contribution is 5.79. The fourth-order valence-corrected chi connectivity index (χ4v) is 3.58. The zero-order valence-electron chi connectivity index (χ0n) is 17.3. The summed E-state index contributed by atoms with van der Waals surface area (Å²) in [6.07, 6.45) is 12.6. The van der Waals surface area contributed by atoms with Gasteiger partial charge in [-0.3, -0.25) is 4.79 Å². The van der Waals surface area contributed by atoms with Crippen LogP contribution in [0.4, 0.5) is 0 Å². The van der Waals surface area contributed by atoms with Gasteiger partial charge in [0.2, 0.25) is 5.91 Å². The largest absolute Gasteiger partial charge is 0.389 e. The number of carbonyl (C=O) groups excluding carboxylic acids is 1. The molecule has 0 bridgehead atoms. The van der Waals surface area contributed by atoms with Crippen LogP contribution in [-0.2, 0) is 4.79 Å². The van der Waals surface area contributed by atoms with Crippen LogP contribution in [0.5, 0.6) is 0 Å². The van der Waals surface area contributed by atoms with Crippen molar-refractivity contribution in [3.8, 4) is 11.8 Å². The number of unbranched alkanes of at least 4 members (excludes halogenated alkanes) is 4. The number of amides is 1. The molecule has 3 atom stereocenters. The van der Waals surface area contributed by atoms with Crippen molar-refractivity contribution in [2.45, 2.75) is 97.6 Å². The molecule has 1 saturated heterocycles. The Labute approximate surface area is 161 Å². The standard InChI is InChI=1S/C23H39NO2/c1-5-7-9-10-12-18-24-20(15-17-23(24)26)14-16-22(25)21(19(3)4)13-11-8-6-2/h14,16,19-22,25H,5-7,9-10,12-13,15,17-18H2,1-4H3/b16-14+/t20-,21+,22+/m0/s1. The zero-order valence-corrected chi connectivity index (χ0v) is 17.3. The van der Waals surface area contributed by atoms with Crippen LogP contribution < -0.4 is 0 Å². The average molecular weight is 362 g/mol. The van der Waals surface area contributed by atoms with Gasteiger partial charge in [-0.25, -0.2) is 0 Å². The predicted octanol–water partition coefficient (Wildman–Crippen LogP) is 4.94. The summed E-state index contributed by atoms with van der Waals surface area (Å²) in [5.74, 6) is 7.06. The molecule has 0 radical (unpaired) electrons. The smallest absolute Gasteiger partial charge is 0.223 e. The Hall–Kier alpha value is -1.27. The molecule has 1 N–H and O–H groups in total. The molecule has 148 valence electrons. The minimum absolute atomic E-state index is 0.143. The van der Waals surface area contributed by atoms with Gasteiger partial charge in [0.25, 0.3) is 0 Å². The highest BCUT2D eigenvalue weighted by atomic mass is 16.3. The van der Waals surface area contributed by atoms with E-state index >= 15 is 0 Å². The Bertz CT molecular complexity index is 486. The highest BCUT2D eigenvalue weighted by Crippen LogP contribution is 2.24. The summed E-state index contributed by atoms with van der Waals surface area (Å²) in [6, 6.07) is 0.151. The zero-order chi connectivity index (χ0) is 19.4. The first kappa shape index (κ1) is 22.8. The molecule has 0 saturated carbocycles. The third-order valence-electron chi connectivity index (χ3n) is 5.34. The van der Waals surface area contributed by atoms with E-state index in [1.54, 1.807) is 0 Å². The van der Waals surface area contributed by atoms with E-state index in [2.05, 4.69) is 38.7 Å². The van der Waals surface area contributed by atoms with E-state index in [9.17, 15) is 9.90 Å². The van der Waals surface area contributed by atoms with Gasteiger partial charge in [0, 0.05) is 31.7 Å². The van der Waals surface area contributed by atoms with Crippen LogP contribution in [0, 0.1) is 23.7 Å². The van der Waals surface area contributed by atoms with Crippen molar-refractivity contribution in [3.05, 3.63) is 12.2 Å². The summed E-state index contributed by atoms with van der Waals surface area (Å²) in [7, 11) is 0. The maximum Gasteiger partial charge on any atom is 0.223 e. The third-order valence-corrected chi connectivity index (χ3v) is 5.34. The number of nitrogens with zero attached hydrogens (tertiary/aromatic N) is 1. The van der Waals surface area contributed by atoms with E-state index in [0.717, 1.165) is 32.2 Å². The van der Waals surface area contributed by atoms with E-state index in [1.165, 1.54) is 25.7 Å². The first-order valence-corrected chi connectivity index (χ1v) is 10.6. The molecule has 1 amide bonds. The number of rotatable bonds is 11. The lowest BCUT2D eigenvalue weighted by molar-refractivity contribution is -0.128. The maximum atomic E-state index is 12.2. The van der Waals surface area contributed by atoms with Gasteiger partial charge < -0.3 is 10.0 Å². The van der Waals surface area contributed by atoms with Gasteiger partial charge in [0.15, 0.2) is 0 Å². The van der Waals surface area contributed by atoms with Crippen LogP contribution in [0.25, 0.3) is 0 Å². The van der Waals surface area contributed by atoms with Crippen molar-refractivity contribution in [1.82, 2.24) is 4.90 Å². The number of aliphatic hydroxyl groups is 1. The van der Waals surface area contributed by atoms with Gasteiger partial charge in [-0.2, -0.15) is 0 Å². The van der Waals surface area contributed by atoms with E-state index in [1.807, 2.05) is 17.9 Å². The SMILES string of the molecule is CCC#CC[C@H](C(C)C)[C@H](O)/C=C/[C@H]1CCC(=O)N1CCCCCCC. The van der Waals surface area contributed by atoms with Crippen LogP contribution in [0.15, 0.2) is 12.2 Å². The molecule has 0 aromatic carbocycles. The number of aliphatic hydroxyl groups excluding tert-OH is 1. The summed E-state index contributed by atoms with van der Waals surface area (Å²) in [4.78, 5) is 14.2. The lowest BCUT2D eigenvalue weighted by Gasteiger charge is -2.25. The summed E-state index contributed by atoms with van der Waals surface area (Å²) in [5, 5.41) is 10.6. The van der Waals surface area contributed by atoms with Crippen molar-refractivity contribution in [2.24, 2.45) is 11.8 Å². The van der Waals surface area contributed by atoms with Crippen molar-refractivity contribution < 1.29 is 9.90 Å². The van der Waals surface area contributed by atoms with Gasteiger partial charge in [0.05, 0.1) is 12.1 Å². The predicted molar refractivity (Wildman–Crippen MR) is 110 cm³/mol. The average Bonchev–Trinajstić information content (AvgIpc) is 2.96. The molecule has 26 heavy (non-hydrogen) atoms. The molecule has 3 heteroatoms. The second kappa shape index (κ2) is 13.0. The summed E-state index contributed by atoms with van der Waals surface area (Å²) < 4.78 is 0. The van der Waals surface area contributed by atoms with Crippen molar-refractivity contribution in [3.63, 3.8) is 0 Å². The Morgan fingerprint density at radius 3 is 2.58 bits per heavy atom. The molecule has 1 rings (SSSR count). The molecule has 0 unspecified atom stereocenters. The topological polar surface area (TPSA) is 40.5 Å². The van der Waals surface area contributed by atoms with Gasteiger partial charge in [-0.15, -0.1) is 11.8 Å². The van der Waals surface area contributed by atoms with Crippen LogP contribution in [0.3, 0.4) is 0 Å². The number of hydrogen-bond donors (Lipinski definition) is 1. The Balaban J connectivity index is 2.57. The minimum atomic E-state index is -0.497. The molecule has 1 aliphatic rings. The quantitative estimate of drug-likeness (QED) is 0.322. The van der Waals surface area contributed by atoms with Crippen LogP contribution in [0.2, 0.25) is 0 Å². The maximum absolute atomic E-state index is 12.2. The third kappa shape index (κ3) is 7.96. The first-order valence-electron chi connectivity index (χ1n) is 10.6. The lowest BCUT2D eigenvalue weighted by atomic mass is 9.87. The lowest BCUT2D eigenvalue weighted by Crippen LogP contribution is -2.33. The molecule has 1 heterocycles. The second-order valence-electron chi connectivity index (χ2n) is 7.80. The van der Waals surface area contributed by atoms with Crippen molar-refractivity contribution in [1.29, 1.82) is 0 Å². The first-order chi connectivity index (χ1) is 12.5. The molecule has 1 fully saturated rings. The Kier molecular flexibility index (Phi) is 11.4. The van der Waals surface area contributed by atoms with Crippen LogP contribution >= 0.6 is 0 Å². The molecule has 1 aliphatic heterocycles. The van der Waals surface area contributed by atoms with Gasteiger partial charge in [-0.1, -0.05) is 65.5 Å². The molecule has 0 aliphatic carbocycles. The summed E-state index contributed by atoms with van der Waals surface area (Å²) >= 11 is 0. The number of carbonyl (C=O) groups is 1. The fraction of sp³-hybridized carbons (Fsp3) is 0.783. The van der Waals surface area contributed by atoms with Gasteiger partial charge in [0.1, 0.15) is 0 Å². The Morgan fingerprint density at radius 1 is 1.19 bits per heavy atom. The van der Waals surface area contributed by atoms with E-state index in [-0.39, 0.29) is 17.9 Å². The molecule has 0 aromatic heterocycles. The van der Waals surface area contributed by atoms with Crippen LogP contribution in [-0.4, -0.2) is 34.6 Å². The Morgan fingerprint density at radius 2 is 1.92 bits per heavy atom. The molecular weight excluding hydrogens is 322 g/mol. The van der Waals surface area contributed by atoms with Gasteiger partial charge in [-0.05, 0) is 18.8 Å². The summed E-state index contributed by atoms with van der Waals surface area (Å²) in [5.41, 5.74) is 0.